The predicted octanol–water partition coefficient (Wildman–Crippen LogP) is 5.09. The van der Waals surface area contributed by atoms with Crippen molar-refractivity contribution in [2.45, 2.75) is 20.3 Å². The predicted molar refractivity (Wildman–Crippen MR) is 119 cm³/mol. The fourth-order valence-electron chi connectivity index (χ4n) is 3.41. The maximum absolute atomic E-state index is 12.7. The van der Waals surface area contributed by atoms with E-state index in [1.165, 1.54) is 10.9 Å². The summed E-state index contributed by atoms with van der Waals surface area (Å²) in [7, 11) is 0. The number of benzene rings is 2. The summed E-state index contributed by atoms with van der Waals surface area (Å²) >= 11 is 0. The summed E-state index contributed by atoms with van der Waals surface area (Å²) in [6, 6.07) is 16.1. The molecule has 0 bridgehead atoms. The topological polar surface area (TPSA) is 69.8 Å². The van der Waals surface area contributed by atoms with E-state index >= 15 is 0 Å². The standard InChI is InChI=1S/C24H24N4O/c1-16-7-8-17(2)23(11-16)28-24(29)19-12-20(15-25-13-19)26-10-9-18-14-27-22-6-4-3-5-21(18)22/h3-8,11-15,26-27H,9-10H2,1-2H3,(H,28,29). The van der Waals surface area contributed by atoms with Gasteiger partial charge in [0.1, 0.15) is 0 Å². The first-order valence-electron chi connectivity index (χ1n) is 9.73. The molecular weight excluding hydrogens is 360 g/mol. The molecule has 0 fully saturated rings. The summed E-state index contributed by atoms with van der Waals surface area (Å²) in [6.07, 6.45) is 6.26. The summed E-state index contributed by atoms with van der Waals surface area (Å²) in [5.74, 6) is -0.161. The molecule has 0 aliphatic rings. The Balaban J connectivity index is 1.40. The molecule has 0 unspecified atom stereocenters. The zero-order valence-electron chi connectivity index (χ0n) is 16.6. The van der Waals surface area contributed by atoms with E-state index in [1.54, 1.807) is 12.4 Å². The minimum atomic E-state index is -0.161. The highest BCUT2D eigenvalue weighted by Gasteiger charge is 2.10. The van der Waals surface area contributed by atoms with Crippen LogP contribution in [0.25, 0.3) is 10.9 Å². The first kappa shape index (κ1) is 18.7. The lowest BCUT2D eigenvalue weighted by Gasteiger charge is -2.11. The first-order chi connectivity index (χ1) is 14.1. The van der Waals surface area contributed by atoms with Crippen molar-refractivity contribution in [3.63, 3.8) is 0 Å². The molecule has 2 aromatic carbocycles. The fourth-order valence-corrected chi connectivity index (χ4v) is 3.41. The second-order valence-electron chi connectivity index (χ2n) is 7.27. The van der Waals surface area contributed by atoms with Crippen molar-refractivity contribution in [3.05, 3.63) is 89.4 Å². The molecule has 0 spiro atoms. The summed E-state index contributed by atoms with van der Waals surface area (Å²) in [5.41, 5.74) is 6.75. The zero-order chi connectivity index (χ0) is 20.2. The smallest absolute Gasteiger partial charge is 0.257 e. The van der Waals surface area contributed by atoms with Gasteiger partial charge < -0.3 is 15.6 Å². The van der Waals surface area contributed by atoms with Crippen molar-refractivity contribution in [1.29, 1.82) is 0 Å². The molecule has 5 heteroatoms. The molecule has 3 N–H and O–H groups in total. The van der Waals surface area contributed by atoms with E-state index in [1.807, 2.05) is 44.2 Å². The number of H-pyrrole nitrogens is 1. The van der Waals surface area contributed by atoms with Crippen LogP contribution in [-0.4, -0.2) is 22.4 Å². The van der Waals surface area contributed by atoms with Crippen molar-refractivity contribution in [3.8, 4) is 0 Å². The van der Waals surface area contributed by atoms with Gasteiger partial charge in [0.05, 0.1) is 11.3 Å². The Morgan fingerprint density at radius 2 is 1.93 bits per heavy atom. The number of nitrogens with one attached hydrogen (secondary N) is 3. The van der Waals surface area contributed by atoms with Crippen LogP contribution in [0.4, 0.5) is 11.4 Å². The third kappa shape index (κ3) is 4.29. The van der Waals surface area contributed by atoms with Gasteiger partial charge in [-0.15, -0.1) is 0 Å². The second kappa shape index (κ2) is 8.19. The van der Waals surface area contributed by atoms with Crippen LogP contribution in [0.5, 0.6) is 0 Å². The number of nitrogens with zero attached hydrogens (tertiary/aromatic N) is 1. The summed E-state index contributed by atoms with van der Waals surface area (Å²) < 4.78 is 0. The number of pyridine rings is 1. The largest absolute Gasteiger partial charge is 0.383 e. The Bertz CT molecular complexity index is 1160. The van der Waals surface area contributed by atoms with E-state index in [0.717, 1.165) is 41.0 Å². The number of hydrogen-bond acceptors (Lipinski definition) is 3. The lowest BCUT2D eigenvalue weighted by molar-refractivity contribution is 0.102. The molecule has 29 heavy (non-hydrogen) atoms. The van der Waals surface area contributed by atoms with Gasteiger partial charge in [0, 0.05) is 41.7 Å². The van der Waals surface area contributed by atoms with E-state index in [-0.39, 0.29) is 5.91 Å². The highest BCUT2D eigenvalue weighted by atomic mass is 16.1. The molecule has 0 saturated heterocycles. The van der Waals surface area contributed by atoms with Gasteiger partial charge in [-0.05, 0) is 55.2 Å². The third-order valence-electron chi connectivity index (χ3n) is 5.04. The number of para-hydroxylation sites is 1. The van der Waals surface area contributed by atoms with Gasteiger partial charge >= 0.3 is 0 Å². The summed E-state index contributed by atoms with van der Waals surface area (Å²) in [6.45, 7) is 4.75. The number of anilines is 2. The second-order valence-corrected chi connectivity index (χ2v) is 7.27. The van der Waals surface area contributed by atoms with Crippen LogP contribution in [0.2, 0.25) is 0 Å². The SMILES string of the molecule is Cc1ccc(C)c(NC(=O)c2cncc(NCCc3c[nH]c4ccccc34)c2)c1. The minimum Gasteiger partial charge on any atom is -0.383 e. The van der Waals surface area contributed by atoms with Crippen LogP contribution < -0.4 is 10.6 Å². The number of rotatable bonds is 6. The van der Waals surface area contributed by atoms with Crippen molar-refractivity contribution < 1.29 is 4.79 Å². The first-order valence-corrected chi connectivity index (χ1v) is 9.73. The van der Waals surface area contributed by atoms with Crippen molar-refractivity contribution >= 4 is 28.2 Å². The molecule has 4 rings (SSSR count). The van der Waals surface area contributed by atoms with Gasteiger partial charge in [0.25, 0.3) is 5.91 Å². The molecule has 0 radical (unpaired) electrons. The Labute approximate surface area is 170 Å². The number of aryl methyl sites for hydroxylation is 2. The lowest BCUT2D eigenvalue weighted by atomic mass is 10.1. The molecule has 146 valence electrons. The minimum absolute atomic E-state index is 0.161. The zero-order valence-corrected chi connectivity index (χ0v) is 16.6. The number of carbonyl (C=O) groups excluding carboxylic acids is 1. The Morgan fingerprint density at radius 3 is 2.83 bits per heavy atom. The summed E-state index contributed by atoms with van der Waals surface area (Å²) in [4.78, 5) is 20.2. The monoisotopic (exact) mass is 384 g/mol. The van der Waals surface area contributed by atoms with Gasteiger partial charge in [-0.25, -0.2) is 0 Å². The van der Waals surface area contributed by atoms with Gasteiger partial charge in [-0.3, -0.25) is 9.78 Å². The summed E-state index contributed by atoms with van der Waals surface area (Å²) in [5, 5.41) is 7.60. The molecule has 0 aliphatic heterocycles. The van der Waals surface area contributed by atoms with E-state index in [2.05, 4.69) is 45.0 Å². The Kier molecular flexibility index (Phi) is 5.29. The number of hydrogen-bond donors (Lipinski definition) is 3. The molecule has 0 aliphatic carbocycles. The highest BCUT2D eigenvalue weighted by Crippen LogP contribution is 2.20. The van der Waals surface area contributed by atoms with Crippen LogP contribution in [0.15, 0.2) is 67.1 Å². The molecule has 0 atom stereocenters. The average molecular weight is 384 g/mol. The molecule has 4 aromatic rings. The lowest BCUT2D eigenvalue weighted by Crippen LogP contribution is -2.14. The number of aromatic amines is 1. The van der Waals surface area contributed by atoms with Crippen LogP contribution in [0, 0.1) is 13.8 Å². The maximum atomic E-state index is 12.7. The van der Waals surface area contributed by atoms with Gasteiger partial charge in [0.2, 0.25) is 0 Å². The van der Waals surface area contributed by atoms with Gasteiger partial charge in [-0.2, -0.15) is 0 Å². The molecule has 1 amide bonds. The third-order valence-corrected chi connectivity index (χ3v) is 5.04. The average Bonchev–Trinajstić information content (AvgIpc) is 3.14. The van der Waals surface area contributed by atoms with E-state index in [9.17, 15) is 4.79 Å². The van der Waals surface area contributed by atoms with Crippen molar-refractivity contribution in [1.82, 2.24) is 9.97 Å². The Morgan fingerprint density at radius 1 is 1.07 bits per heavy atom. The fraction of sp³-hybridized carbons (Fsp3) is 0.167. The maximum Gasteiger partial charge on any atom is 0.257 e. The van der Waals surface area contributed by atoms with Gasteiger partial charge in [0.15, 0.2) is 0 Å². The van der Waals surface area contributed by atoms with Crippen LogP contribution in [0.1, 0.15) is 27.0 Å². The quantitative estimate of drug-likeness (QED) is 0.434. The number of carbonyl (C=O) groups is 1. The molecule has 0 saturated carbocycles. The number of amides is 1. The van der Waals surface area contributed by atoms with E-state index < -0.39 is 0 Å². The van der Waals surface area contributed by atoms with Crippen LogP contribution in [-0.2, 0) is 6.42 Å². The van der Waals surface area contributed by atoms with Gasteiger partial charge in [-0.1, -0.05) is 30.3 Å². The molecular formula is C24H24N4O. The molecule has 2 aromatic heterocycles. The van der Waals surface area contributed by atoms with Crippen molar-refractivity contribution in [2.75, 3.05) is 17.2 Å². The molecule has 5 nitrogen and oxygen atoms in total. The van der Waals surface area contributed by atoms with Crippen LogP contribution in [0.3, 0.4) is 0 Å². The van der Waals surface area contributed by atoms with E-state index in [0.29, 0.717) is 5.56 Å². The number of aromatic nitrogens is 2. The van der Waals surface area contributed by atoms with Crippen LogP contribution >= 0.6 is 0 Å². The number of fused-ring (bicyclic) bond motifs is 1. The van der Waals surface area contributed by atoms with Crippen molar-refractivity contribution in [2.24, 2.45) is 0 Å². The highest BCUT2D eigenvalue weighted by molar-refractivity contribution is 6.05. The molecule has 2 heterocycles. The van der Waals surface area contributed by atoms with E-state index in [4.69, 9.17) is 0 Å². The normalized spacial score (nSPS) is 10.8. The Hall–Kier alpha value is -3.60.